The first-order chi connectivity index (χ1) is 11.9. The Morgan fingerprint density at radius 3 is 2.60 bits per heavy atom. The first-order valence-electron chi connectivity index (χ1n) is 7.57. The fraction of sp³-hybridized carbons (Fsp3) is 0.222. The van der Waals surface area contributed by atoms with E-state index in [4.69, 9.17) is 9.47 Å². The number of halogens is 1. The van der Waals surface area contributed by atoms with Crippen LogP contribution in [0, 0.1) is 6.92 Å². The highest BCUT2D eigenvalue weighted by molar-refractivity contribution is 9.10. The number of ketones is 1. The van der Waals surface area contributed by atoms with Crippen LogP contribution in [0.3, 0.4) is 0 Å². The van der Waals surface area contributed by atoms with Gasteiger partial charge in [0.15, 0.2) is 17.3 Å². The zero-order valence-corrected chi connectivity index (χ0v) is 16.1. The topological polar surface area (TPSA) is 64.6 Å². The van der Waals surface area contributed by atoms with Crippen LogP contribution in [0.25, 0.3) is 0 Å². The zero-order valence-electron chi connectivity index (χ0n) is 13.7. The van der Waals surface area contributed by atoms with Crippen LogP contribution in [-0.2, 0) is 4.79 Å². The van der Waals surface area contributed by atoms with Gasteiger partial charge in [0.1, 0.15) is 0 Å². The number of thioether (sulfide) groups is 1. The largest absolute Gasteiger partial charge is 0.454 e. The van der Waals surface area contributed by atoms with Crippen LogP contribution in [0.2, 0.25) is 0 Å². The van der Waals surface area contributed by atoms with Crippen molar-refractivity contribution in [2.45, 2.75) is 18.7 Å². The van der Waals surface area contributed by atoms with E-state index in [9.17, 15) is 9.59 Å². The summed E-state index contributed by atoms with van der Waals surface area (Å²) in [6.45, 7) is 3.56. The number of fused-ring (bicyclic) bond motifs is 1. The van der Waals surface area contributed by atoms with Crippen molar-refractivity contribution >= 4 is 45.1 Å². The van der Waals surface area contributed by atoms with Gasteiger partial charge in [0.2, 0.25) is 12.7 Å². The minimum Gasteiger partial charge on any atom is -0.454 e. The van der Waals surface area contributed by atoms with E-state index < -0.39 is 0 Å². The van der Waals surface area contributed by atoms with Gasteiger partial charge in [-0.1, -0.05) is 15.9 Å². The fourth-order valence-electron chi connectivity index (χ4n) is 2.44. The Hall–Kier alpha value is -1.99. The summed E-state index contributed by atoms with van der Waals surface area (Å²) in [4.78, 5) is 25.2. The third-order valence-corrected chi connectivity index (χ3v) is 5.33. The highest BCUT2D eigenvalue weighted by Crippen LogP contribution is 2.37. The molecule has 0 radical (unpaired) electrons. The molecule has 25 heavy (non-hydrogen) atoms. The third kappa shape index (κ3) is 4.16. The van der Waals surface area contributed by atoms with Gasteiger partial charge < -0.3 is 14.8 Å². The molecule has 1 heterocycles. The van der Waals surface area contributed by atoms with Gasteiger partial charge in [-0.3, -0.25) is 9.59 Å². The van der Waals surface area contributed by atoms with Crippen LogP contribution >= 0.6 is 27.7 Å². The molecule has 1 amide bonds. The Morgan fingerprint density at radius 1 is 1.20 bits per heavy atom. The molecule has 0 saturated heterocycles. The van der Waals surface area contributed by atoms with E-state index in [-0.39, 0.29) is 24.2 Å². The lowest BCUT2D eigenvalue weighted by Gasteiger charge is -2.11. The monoisotopic (exact) mass is 421 g/mol. The number of aryl methyl sites for hydroxylation is 1. The summed E-state index contributed by atoms with van der Waals surface area (Å²) < 4.78 is 11.6. The lowest BCUT2D eigenvalue weighted by atomic mass is 10.1. The second kappa shape index (κ2) is 7.49. The van der Waals surface area contributed by atoms with Crippen LogP contribution < -0.4 is 14.8 Å². The first kappa shape index (κ1) is 17.8. The molecule has 0 unspecified atom stereocenters. The molecule has 0 spiro atoms. The van der Waals surface area contributed by atoms with Crippen LogP contribution in [0.1, 0.15) is 22.8 Å². The fourth-order valence-corrected chi connectivity index (χ4v) is 3.73. The Balaban J connectivity index is 1.71. The summed E-state index contributed by atoms with van der Waals surface area (Å²) in [6, 6.07) is 9.16. The van der Waals surface area contributed by atoms with E-state index in [2.05, 4.69) is 21.2 Å². The molecule has 5 nitrogen and oxygen atoms in total. The van der Waals surface area contributed by atoms with E-state index in [1.165, 1.54) is 18.7 Å². The van der Waals surface area contributed by atoms with E-state index in [0.717, 1.165) is 14.9 Å². The van der Waals surface area contributed by atoms with E-state index in [1.54, 1.807) is 12.1 Å². The van der Waals surface area contributed by atoms with E-state index in [1.807, 2.05) is 25.1 Å². The summed E-state index contributed by atoms with van der Waals surface area (Å²) in [6.07, 6.45) is 0. The summed E-state index contributed by atoms with van der Waals surface area (Å²) in [7, 11) is 0. The number of benzene rings is 2. The van der Waals surface area contributed by atoms with Crippen molar-refractivity contribution in [3.05, 3.63) is 45.9 Å². The number of carbonyl (C=O) groups is 2. The molecule has 0 aliphatic carbocycles. The quantitative estimate of drug-likeness (QED) is 0.571. The van der Waals surface area contributed by atoms with Gasteiger partial charge in [-0.2, -0.15) is 0 Å². The van der Waals surface area contributed by atoms with Crippen molar-refractivity contribution in [2.24, 2.45) is 0 Å². The number of amides is 1. The number of hydrogen-bond donors (Lipinski definition) is 1. The minimum atomic E-state index is -0.186. The molecule has 2 aromatic rings. The number of carbonyl (C=O) groups excluding carboxylic acids is 2. The van der Waals surface area contributed by atoms with Gasteiger partial charge in [-0.05, 0) is 43.7 Å². The molecule has 1 N–H and O–H groups in total. The lowest BCUT2D eigenvalue weighted by Crippen LogP contribution is -2.16. The van der Waals surface area contributed by atoms with Gasteiger partial charge in [0.05, 0.1) is 11.4 Å². The maximum absolute atomic E-state index is 12.3. The van der Waals surface area contributed by atoms with Gasteiger partial charge in [-0.25, -0.2) is 0 Å². The van der Waals surface area contributed by atoms with Gasteiger partial charge >= 0.3 is 0 Å². The molecular weight excluding hydrogens is 406 g/mol. The standard InChI is InChI=1S/C18H16BrNO4S/c1-10-5-12(19)3-4-17(10)25-8-18(22)20-14-7-16-15(23-9-24-16)6-13(14)11(2)21/h3-7H,8-9H2,1-2H3,(H,20,22). The van der Waals surface area contributed by atoms with Gasteiger partial charge in [0.25, 0.3) is 0 Å². The van der Waals surface area contributed by atoms with Crippen LogP contribution in [0.15, 0.2) is 39.7 Å². The smallest absolute Gasteiger partial charge is 0.234 e. The number of hydrogen-bond acceptors (Lipinski definition) is 5. The molecule has 0 bridgehead atoms. The lowest BCUT2D eigenvalue weighted by molar-refractivity contribution is -0.113. The van der Waals surface area contributed by atoms with Crippen LogP contribution in [-0.4, -0.2) is 24.2 Å². The van der Waals surface area contributed by atoms with Crippen LogP contribution in [0.4, 0.5) is 5.69 Å². The van der Waals surface area contributed by atoms with Crippen LogP contribution in [0.5, 0.6) is 11.5 Å². The number of nitrogens with one attached hydrogen (secondary N) is 1. The van der Waals surface area contributed by atoms with Crippen molar-refractivity contribution in [2.75, 3.05) is 17.9 Å². The summed E-state index contributed by atoms with van der Waals surface area (Å²) in [5, 5.41) is 2.80. The average molecular weight is 422 g/mol. The minimum absolute atomic E-state index is 0.114. The number of ether oxygens (including phenoxy) is 2. The maximum atomic E-state index is 12.3. The predicted molar refractivity (Wildman–Crippen MR) is 101 cm³/mol. The van der Waals surface area contributed by atoms with E-state index in [0.29, 0.717) is 22.7 Å². The molecule has 0 fully saturated rings. The predicted octanol–water partition coefficient (Wildman–Crippen LogP) is 4.42. The molecule has 0 atom stereocenters. The highest BCUT2D eigenvalue weighted by atomic mass is 79.9. The molecule has 2 aromatic carbocycles. The summed E-state index contributed by atoms with van der Waals surface area (Å²) in [5.74, 6) is 0.951. The Kier molecular flexibility index (Phi) is 5.34. The molecule has 1 aliphatic rings. The zero-order chi connectivity index (χ0) is 18.0. The Labute approximate surface area is 158 Å². The second-order valence-electron chi connectivity index (χ2n) is 5.55. The second-order valence-corrected chi connectivity index (χ2v) is 7.49. The Morgan fingerprint density at radius 2 is 1.92 bits per heavy atom. The van der Waals surface area contributed by atoms with Crippen molar-refractivity contribution < 1.29 is 19.1 Å². The summed E-state index contributed by atoms with van der Waals surface area (Å²) in [5.41, 5.74) is 1.94. The average Bonchev–Trinajstić information content (AvgIpc) is 3.00. The normalized spacial score (nSPS) is 12.1. The first-order valence-corrected chi connectivity index (χ1v) is 9.35. The van der Waals surface area contributed by atoms with E-state index >= 15 is 0 Å². The molecular formula is C18H16BrNO4S. The molecule has 1 aliphatic heterocycles. The highest BCUT2D eigenvalue weighted by Gasteiger charge is 2.20. The Bertz CT molecular complexity index is 853. The SMILES string of the molecule is CC(=O)c1cc2c(cc1NC(=O)CSc1ccc(Br)cc1C)OCO2. The molecule has 0 aromatic heterocycles. The molecule has 130 valence electrons. The van der Waals surface area contributed by atoms with Crippen molar-refractivity contribution in [1.82, 2.24) is 0 Å². The van der Waals surface area contributed by atoms with Crippen molar-refractivity contribution in [3.63, 3.8) is 0 Å². The molecule has 0 saturated carbocycles. The molecule has 3 rings (SSSR count). The van der Waals surface area contributed by atoms with Crippen molar-refractivity contribution in [1.29, 1.82) is 0 Å². The third-order valence-electron chi connectivity index (χ3n) is 3.66. The van der Waals surface area contributed by atoms with Gasteiger partial charge in [-0.15, -0.1) is 11.8 Å². The number of Topliss-reactive ketones (excluding diaryl/α,β-unsaturated/α-hetero) is 1. The van der Waals surface area contributed by atoms with Crippen molar-refractivity contribution in [3.8, 4) is 11.5 Å². The summed E-state index contributed by atoms with van der Waals surface area (Å²) >= 11 is 4.87. The maximum Gasteiger partial charge on any atom is 0.234 e. The molecule has 7 heteroatoms. The van der Waals surface area contributed by atoms with Gasteiger partial charge in [0, 0.05) is 21.0 Å². The number of rotatable bonds is 5. The number of anilines is 1.